The van der Waals surface area contributed by atoms with Gasteiger partial charge in [0.1, 0.15) is 11.7 Å². The first-order chi connectivity index (χ1) is 9.83. The minimum absolute atomic E-state index is 0.918. The van der Waals surface area contributed by atoms with Gasteiger partial charge in [0.05, 0.1) is 13.1 Å². The Bertz CT molecular complexity index is 481. The van der Waals surface area contributed by atoms with E-state index in [2.05, 4.69) is 57.9 Å². The molecule has 0 unspecified atom stereocenters. The van der Waals surface area contributed by atoms with Crippen LogP contribution < -0.4 is 0 Å². The van der Waals surface area contributed by atoms with Crippen molar-refractivity contribution in [1.82, 2.24) is 9.80 Å². The maximum absolute atomic E-state index is 4.62. The lowest BCUT2D eigenvalue weighted by Gasteiger charge is -2.20. The van der Waals surface area contributed by atoms with Gasteiger partial charge in [-0.1, -0.05) is 24.3 Å². The first-order valence-electron chi connectivity index (χ1n) is 7.53. The van der Waals surface area contributed by atoms with Crippen molar-refractivity contribution in [2.24, 2.45) is 9.98 Å². The number of rotatable bonds is 4. The fraction of sp³-hybridized carbons (Fsp3) is 0.500. The average Bonchev–Trinajstić information content (AvgIpc) is 3.15. The molecule has 0 bridgehead atoms. The molecule has 2 heterocycles. The minimum Gasteiger partial charge on any atom is -0.355 e. The van der Waals surface area contributed by atoms with Crippen molar-refractivity contribution in [2.75, 3.05) is 39.3 Å². The fourth-order valence-corrected chi connectivity index (χ4v) is 2.90. The summed E-state index contributed by atoms with van der Waals surface area (Å²) in [6.45, 7) is 10.3. The third-order valence-corrected chi connectivity index (χ3v) is 4.03. The Morgan fingerprint density at radius 2 is 1.20 bits per heavy atom. The van der Waals surface area contributed by atoms with Crippen molar-refractivity contribution in [3.05, 3.63) is 35.4 Å². The normalized spacial score (nSPS) is 18.5. The van der Waals surface area contributed by atoms with Gasteiger partial charge in [-0.3, -0.25) is 9.98 Å². The number of aliphatic imine (C=N–C) groups is 2. The zero-order chi connectivity index (χ0) is 13.9. The SMILES string of the molecule is CCN1CCN=C1c1ccc(C2=NCCN2CC)cc1. The number of amidine groups is 2. The van der Waals surface area contributed by atoms with Crippen molar-refractivity contribution in [3.8, 4) is 0 Å². The first-order valence-corrected chi connectivity index (χ1v) is 7.53. The van der Waals surface area contributed by atoms with Gasteiger partial charge >= 0.3 is 0 Å². The maximum Gasteiger partial charge on any atom is 0.131 e. The van der Waals surface area contributed by atoms with Gasteiger partial charge in [-0.2, -0.15) is 0 Å². The summed E-state index contributed by atoms with van der Waals surface area (Å²) in [6.07, 6.45) is 0. The molecule has 2 aliphatic heterocycles. The molecule has 0 radical (unpaired) electrons. The summed E-state index contributed by atoms with van der Waals surface area (Å²) < 4.78 is 0. The van der Waals surface area contributed by atoms with Crippen molar-refractivity contribution in [2.45, 2.75) is 13.8 Å². The lowest BCUT2D eigenvalue weighted by molar-refractivity contribution is 0.483. The molecule has 0 amide bonds. The fourth-order valence-electron chi connectivity index (χ4n) is 2.90. The Morgan fingerprint density at radius 1 is 0.800 bits per heavy atom. The van der Waals surface area contributed by atoms with E-state index in [0.29, 0.717) is 0 Å². The molecule has 0 spiro atoms. The summed E-state index contributed by atoms with van der Waals surface area (Å²) in [6, 6.07) is 8.71. The highest BCUT2D eigenvalue weighted by molar-refractivity contribution is 6.03. The number of benzene rings is 1. The summed E-state index contributed by atoms with van der Waals surface area (Å²) in [5.41, 5.74) is 2.43. The molecule has 4 nitrogen and oxygen atoms in total. The van der Waals surface area contributed by atoms with Crippen LogP contribution in [0.15, 0.2) is 34.3 Å². The molecular formula is C16H22N4. The van der Waals surface area contributed by atoms with Gasteiger partial charge in [0.2, 0.25) is 0 Å². The van der Waals surface area contributed by atoms with Gasteiger partial charge < -0.3 is 9.80 Å². The molecule has 0 fully saturated rings. The monoisotopic (exact) mass is 270 g/mol. The standard InChI is InChI=1S/C16H22N4/c1-3-19-11-9-17-15(19)13-5-7-14(8-6-13)16-18-10-12-20(16)4-2/h5-8H,3-4,9-12H2,1-2H3. The van der Waals surface area contributed by atoms with Crippen molar-refractivity contribution in [1.29, 1.82) is 0 Å². The molecule has 0 saturated heterocycles. The highest BCUT2D eigenvalue weighted by Crippen LogP contribution is 2.15. The quantitative estimate of drug-likeness (QED) is 0.836. The van der Waals surface area contributed by atoms with E-state index in [9.17, 15) is 0 Å². The van der Waals surface area contributed by atoms with Crippen LogP contribution in [0.5, 0.6) is 0 Å². The van der Waals surface area contributed by atoms with E-state index in [-0.39, 0.29) is 0 Å². The Labute approximate surface area is 120 Å². The van der Waals surface area contributed by atoms with E-state index < -0.39 is 0 Å². The van der Waals surface area contributed by atoms with Crippen molar-refractivity contribution < 1.29 is 0 Å². The average molecular weight is 270 g/mol. The smallest absolute Gasteiger partial charge is 0.131 e. The number of nitrogens with zero attached hydrogens (tertiary/aromatic N) is 4. The van der Waals surface area contributed by atoms with Crippen molar-refractivity contribution in [3.63, 3.8) is 0 Å². The summed E-state index contributed by atoms with van der Waals surface area (Å²) in [7, 11) is 0. The second-order valence-electron chi connectivity index (χ2n) is 5.15. The van der Waals surface area contributed by atoms with Gasteiger partial charge in [-0.15, -0.1) is 0 Å². The van der Waals surface area contributed by atoms with Gasteiger partial charge in [0.15, 0.2) is 0 Å². The molecule has 1 aromatic carbocycles. The van der Waals surface area contributed by atoms with E-state index in [1.807, 2.05) is 0 Å². The second-order valence-corrected chi connectivity index (χ2v) is 5.15. The van der Waals surface area contributed by atoms with E-state index in [1.165, 1.54) is 11.1 Å². The van der Waals surface area contributed by atoms with E-state index in [4.69, 9.17) is 0 Å². The Balaban J connectivity index is 1.82. The lowest BCUT2D eigenvalue weighted by Crippen LogP contribution is -2.29. The highest BCUT2D eigenvalue weighted by atomic mass is 15.2. The van der Waals surface area contributed by atoms with Crippen LogP contribution in [0.25, 0.3) is 0 Å². The van der Waals surface area contributed by atoms with Gasteiger partial charge in [0.25, 0.3) is 0 Å². The lowest BCUT2D eigenvalue weighted by atomic mass is 10.1. The third-order valence-electron chi connectivity index (χ3n) is 4.03. The van der Waals surface area contributed by atoms with Crippen LogP contribution in [0, 0.1) is 0 Å². The van der Waals surface area contributed by atoms with E-state index in [0.717, 1.165) is 50.9 Å². The Morgan fingerprint density at radius 3 is 1.55 bits per heavy atom. The molecule has 20 heavy (non-hydrogen) atoms. The van der Waals surface area contributed by atoms with Crippen LogP contribution in [-0.2, 0) is 0 Å². The highest BCUT2D eigenvalue weighted by Gasteiger charge is 2.19. The molecule has 0 aliphatic carbocycles. The largest absolute Gasteiger partial charge is 0.355 e. The molecular weight excluding hydrogens is 248 g/mol. The number of hydrogen-bond donors (Lipinski definition) is 0. The van der Waals surface area contributed by atoms with Crippen LogP contribution in [-0.4, -0.2) is 60.7 Å². The zero-order valence-corrected chi connectivity index (χ0v) is 12.3. The van der Waals surface area contributed by atoms with Crippen LogP contribution in [0.2, 0.25) is 0 Å². The zero-order valence-electron chi connectivity index (χ0n) is 12.3. The van der Waals surface area contributed by atoms with Crippen LogP contribution in [0.1, 0.15) is 25.0 Å². The number of likely N-dealkylation sites (N-methyl/N-ethyl adjacent to an activating group) is 2. The Kier molecular flexibility index (Phi) is 3.72. The number of hydrogen-bond acceptors (Lipinski definition) is 4. The molecule has 106 valence electrons. The Hall–Kier alpha value is -1.84. The van der Waals surface area contributed by atoms with Crippen LogP contribution in [0.3, 0.4) is 0 Å². The summed E-state index contributed by atoms with van der Waals surface area (Å²) in [5.74, 6) is 2.28. The maximum atomic E-state index is 4.62. The molecule has 0 saturated carbocycles. The van der Waals surface area contributed by atoms with E-state index >= 15 is 0 Å². The summed E-state index contributed by atoms with van der Waals surface area (Å²) >= 11 is 0. The second kappa shape index (κ2) is 5.65. The molecule has 1 aromatic rings. The van der Waals surface area contributed by atoms with Crippen molar-refractivity contribution >= 4 is 11.7 Å². The van der Waals surface area contributed by atoms with Gasteiger partial charge in [-0.05, 0) is 13.8 Å². The first kappa shape index (κ1) is 13.2. The molecule has 0 N–H and O–H groups in total. The summed E-state index contributed by atoms with van der Waals surface area (Å²) in [4.78, 5) is 13.9. The molecule has 2 aliphatic rings. The molecule has 3 rings (SSSR count). The predicted molar refractivity (Wildman–Crippen MR) is 83.7 cm³/mol. The van der Waals surface area contributed by atoms with Gasteiger partial charge in [-0.25, -0.2) is 0 Å². The van der Waals surface area contributed by atoms with Crippen LogP contribution in [0.4, 0.5) is 0 Å². The third kappa shape index (κ3) is 2.30. The van der Waals surface area contributed by atoms with Gasteiger partial charge in [0, 0.05) is 37.3 Å². The minimum atomic E-state index is 0.918. The van der Waals surface area contributed by atoms with Crippen LogP contribution >= 0.6 is 0 Å². The molecule has 0 aromatic heterocycles. The topological polar surface area (TPSA) is 31.2 Å². The summed E-state index contributed by atoms with van der Waals surface area (Å²) in [5, 5.41) is 0. The molecule has 4 heteroatoms. The predicted octanol–water partition coefficient (Wildman–Crippen LogP) is 1.85. The van der Waals surface area contributed by atoms with E-state index in [1.54, 1.807) is 0 Å². The molecule has 0 atom stereocenters.